The van der Waals surface area contributed by atoms with Crippen LogP contribution in [-0.4, -0.2) is 6.04 Å². The van der Waals surface area contributed by atoms with E-state index in [4.69, 9.17) is 0 Å². The Hall–Kier alpha value is -1.03. The van der Waals surface area contributed by atoms with Gasteiger partial charge in [-0.25, -0.2) is 0 Å². The van der Waals surface area contributed by atoms with Crippen molar-refractivity contribution >= 4 is 0 Å². The molecule has 4 heteroatoms. The third kappa shape index (κ3) is 2.69. The van der Waals surface area contributed by atoms with Crippen LogP contribution < -0.4 is 5.32 Å². The quantitative estimate of drug-likeness (QED) is 0.860. The maximum atomic E-state index is 12.5. The van der Waals surface area contributed by atoms with Gasteiger partial charge in [-0.15, -0.1) is 0 Å². The van der Waals surface area contributed by atoms with Gasteiger partial charge in [0.1, 0.15) is 0 Å². The lowest BCUT2D eigenvalue weighted by atomic mass is 10.0. The maximum absolute atomic E-state index is 12.5. The molecule has 1 aromatic rings. The van der Waals surface area contributed by atoms with Gasteiger partial charge in [-0.05, 0) is 49.3 Å². The van der Waals surface area contributed by atoms with E-state index in [-0.39, 0.29) is 6.04 Å². The van der Waals surface area contributed by atoms with Gasteiger partial charge in [-0.2, -0.15) is 13.2 Å². The Labute approximate surface area is 104 Å². The summed E-state index contributed by atoms with van der Waals surface area (Å²) in [5, 5.41) is 3.55. The van der Waals surface area contributed by atoms with E-state index < -0.39 is 11.7 Å². The Morgan fingerprint density at radius 1 is 1.00 bits per heavy atom. The summed E-state index contributed by atoms with van der Waals surface area (Å²) in [6.45, 7) is 0. The van der Waals surface area contributed by atoms with E-state index >= 15 is 0 Å². The summed E-state index contributed by atoms with van der Waals surface area (Å²) < 4.78 is 37.5. The highest BCUT2D eigenvalue weighted by molar-refractivity contribution is 5.28. The van der Waals surface area contributed by atoms with Gasteiger partial charge in [0, 0.05) is 12.1 Å². The number of halogens is 3. The van der Waals surface area contributed by atoms with Crippen molar-refractivity contribution in [2.45, 2.75) is 43.9 Å². The number of benzene rings is 1. The molecule has 0 amide bonds. The number of rotatable bonds is 4. The second-order valence-electron chi connectivity index (χ2n) is 5.38. The predicted octanol–water partition coefficient (Wildman–Crippen LogP) is 3.91. The highest BCUT2D eigenvalue weighted by Gasteiger charge is 2.36. The lowest BCUT2D eigenvalue weighted by Gasteiger charge is -2.19. The minimum absolute atomic E-state index is 0.250. The fraction of sp³-hybridized carbons (Fsp3) is 0.571. The first kappa shape index (κ1) is 12.0. The largest absolute Gasteiger partial charge is 0.416 e. The molecule has 2 fully saturated rings. The van der Waals surface area contributed by atoms with E-state index in [0.717, 1.165) is 5.56 Å². The number of alkyl halides is 3. The van der Waals surface area contributed by atoms with Crippen molar-refractivity contribution < 1.29 is 13.2 Å². The minimum Gasteiger partial charge on any atom is -0.307 e. The zero-order chi connectivity index (χ0) is 12.8. The lowest BCUT2D eigenvalue weighted by Crippen LogP contribution is -2.25. The van der Waals surface area contributed by atoms with Gasteiger partial charge in [-0.1, -0.05) is 12.1 Å². The maximum Gasteiger partial charge on any atom is 0.416 e. The zero-order valence-electron chi connectivity index (χ0n) is 10.0. The van der Waals surface area contributed by atoms with Crippen LogP contribution in [0.4, 0.5) is 13.2 Å². The second kappa shape index (κ2) is 4.26. The zero-order valence-corrected chi connectivity index (χ0v) is 10.0. The molecule has 1 aromatic carbocycles. The monoisotopic (exact) mass is 255 g/mol. The Bertz CT molecular complexity index is 416. The Morgan fingerprint density at radius 3 is 2.06 bits per heavy atom. The van der Waals surface area contributed by atoms with Crippen LogP contribution >= 0.6 is 0 Å². The van der Waals surface area contributed by atoms with Gasteiger partial charge >= 0.3 is 6.18 Å². The van der Waals surface area contributed by atoms with E-state index in [1.807, 2.05) is 0 Å². The molecule has 0 radical (unpaired) electrons. The summed E-state index contributed by atoms with van der Waals surface area (Å²) in [4.78, 5) is 0. The molecule has 18 heavy (non-hydrogen) atoms. The lowest BCUT2D eigenvalue weighted by molar-refractivity contribution is -0.137. The molecule has 2 aliphatic carbocycles. The topological polar surface area (TPSA) is 12.0 Å². The van der Waals surface area contributed by atoms with Crippen LogP contribution in [0.3, 0.4) is 0 Å². The molecule has 1 N–H and O–H groups in total. The first-order valence-electron chi connectivity index (χ1n) is 6.47. The molecule has 2 aliphatic rings. The minimum atomic E-state index is -4.24. The smallest absolute Gasteiger partial charge is 0.307 e. The van der Waals surface area contributed by atoms with Gasteiger partial charge in [0.2, 0.25) is 0 Å². The van der Waals surface area contributed by atoms with Crippen molar-refractivity contribution in [3.63, 3.8) is 0 Å². The fourth-order valence-corrected chi connectivity index (χ4v) is 2.32. The molecule has 0 bridgehead atoms. The first-order valence-corrected chi connectivity index (χ1v) is 6.47. The summed E-state index contributed by atoms with van der Waals surface area (Å²) in [5.41, 5.74) is 0.435. The van der Waals surface area contributed by atoms with Crippen LogP contribution in [0.15, 0.2) is 24.3 Å². The molecule has 98 valence electrons. The van der Waals surface area contributed by atoms with E-state index in [9.17, 15) is 13.2 Å². The van der Waals surface area contributed by atoms with Crippen LogP contribution in [0.5, 0.6) is 0 Å². The molecule has 1 unspecified atom stereocenters. The van der Waals surface area contributed by atoms with Crippen molar-refractivity contribution in [1.29, 1.82) is 0 Å². The molecule has 3 rings (SSSR count). The third-order valence-corrected chi connectivity index (χ3v) is 3.68. The molecular formula is C14H16F3N. The van der Waals surface area contributed by atoms with Crippen LogP contribution in [0, 0.1) is 5.92 Å². The summed E-state index contributed by atoms with van der Waals surface area (Å²) in [6, 6.07) is 6.47. The van der Waals surface area contributed by atoms with Crippen molar-refractivity contribution in [2.24, 2.45) is 5.92 Å². The van der Waals surface area contributed by atoms with Crippen LogP contribution in [0.1, 0.15) is 42.9 Å². The Balaban J connectivity index is 1.77. The predicted molar refractivity (Wildman–Crippen MR) is 63.1 cm³/mol. The SMILES string of the molecule is FC(F)(F)c1ccc(C(NC2CC2)C2CC2)cc1. The Morgan fingerprint density at radius 2 is 1.61 bits per heavy atom. The molecule has 1 atom stereocenters. The van der Waals surface area contributed by atoms with Crippen LogP contribution in [0.2, 0.25) is 0 Å². The number of hydrogen-bond donors (Lipinski definition) is 1. The van der Waals surface area contributed by atoms with Crippen molar-refractivity contribution in [3.05, 3.63) is 35.4 Å². The van der Waals surface area contributed by atoms with Gasteiger partial charge in [0.25, 0.3) is 0 Å². The van der Waals surface area contributed by atoms with E-state index in [2.05, 4.69) is 5.32 Å². The van der Waals surface area contributed by atoms with Gasteiger partial charge < -0.3 is 5.32 Å². The standard InChI is InChI=1S/C14H16F3N/c15-14(16,17)11-5-3-10(4-6-11)13(9-1-2-9)18-12-7-8-12/h3-6,9,12-13,18H,1-2,7-8H2. The molecule has 0 aromatic heterocycles. The normalized spacial score (nSPS) is 21.9. The van der Waals surface area contributed by atoms with Gasteiger partial charge in [0.05, 0.1) is 5.56 Å². The van der Waals surface area contributed by atoms with Crippen LogP contribution in [0.25, 0.3) is 0 Å². The average molecular weight is 255 g/mol. The van der Waals surface area contributed by atoms with E-state index in [1.165, 1.54) is 37.8 Å². The number of hydrogen-bond acceptors (Lipinski definition) is 1. The molecule has 0 heterocycles. The van der Waals surface area contributed by atoms with E-state index in [0.29, 0.717) is 12.0 Å². The first-order chi connectivity index (χ1) is 8.54. The Kier molecular flexibility index (Phi) is 2.85. The molecule has 0 saturated heterocycles. The molecule has 2 saturated carbocycles. The molecule has 0 spiro atoms. The van der Waals surface area contributed by atoms with Crippen molar-refractivity contribution in [1.82, 2.24) is 5.32 Å². The molecule has 0 aliphatic heterocycles. The molecular weight excluding hydrogens is 239 g/mol. The highest BCUT2D eigenvalue weighted by Crippen LogP contribution is 2.43. The van der Waals surface area contributed by atoms with Gasteiger partial charge in [0.15, 0.2) is 0 Å². The third-order valence-electron chi connectivity index (χ3n) is 3.68. The summed E-state index contributed by atoms with van der Waals surface area (Å²) in [6.07, 6.45) is 0.530. The summed E-state index contributed by atoms with van der Waals surface area (Å²) >= 11 is 0. The number of nitrogens with one attached hydrogen (secondary N) is 1. The average Bonchev–Trinajstić information content (AvgIpc) is 3.17. The fourth-order valence-electron chi connectivity index (χ4n) is 2.32. The summed E-state index contributed by atoms with van der Waals surface area (Å²) in [5.74, 6) is 0.613. The van der Waals surface area contributed by atoms with Crippen molar-refractivity contribution in [3.8, 4) is 0 Å². The van der Waals surface area contributed by atoms with Gasteiger partial charge in [-0.3, -0.25) is 0 Å². The molecule has 1 nitrogen and oxygen atoms in total. The summed E-state index contributed by atoms with van der Waals surface area (Å²) in [7, 11) is 0. The second-order valence-corrected chi connectivity index (χ2v) is 5.38. The van der Waals surface area contributed by atoms with E-state index in [1.54, 1.807) is 12.1 Å². The van der Waals surface area contributed by atoms with Crippen LogP contribution in [-0.2, 0) is 6.18 Å². The van der Waals surface area contributed by atoms with Crippen molar-refractivity contribution in [2.75, 3.05) is 0 Å². The highest BCUT2D eigenvalue weighted by atomic mass is 19.4.